The third kappa shape index (κ3) is 4.90. The number of hydrogen-bond acceptors (Lipinski definition) is 4. The predicted molar refractivity (Wildman–Crippen MR) is 118 cm³/mol. The fourth-order valence-corrected chi connectivity index (χ4v) is 6.55. The van der Waals surface area contributed by atoms with Crippen molar-refractivity contribution < 1.29 is 13.5 Å². The lowest BCUT2D eigenvalue weighted by atomic mass is 9.89. The molecule has 0 bridgehead atoms. The molecule has 3 rings (SSSR count). The van der Waals surface area contributed by atoms with Gasteiger partial charge < -0.3 is 5.11 Å². The van der Waals surface area contributed by atoms with E-state index in [2.05, 4.69) is 32.8 Å². The Hall–Kier alpha value is -1.51. The van der Waals surface area contributed by atoms with Gasteiger partial charge >= 0.3 is 0 Å². The van der Waals surface area contributed by atoms with E-state index in [1.807, 2.05) is 49.4 Å². The minimum atomic E-state index is -3.69. The van der Waals surface area contributed by atoms with Crippen LogP contribution in [0.3, 0.4) is 0 Å². The zero-order valence-electron chi connectivity index (χ0n) is 15.4. The van der Waals surface area contributed by atoms with E-state index in [0.29, 0.717) is 6.42 Å². The van der Waals surface area contributed by atoms with Gasteiger partial charge in [-0.25, -0.2) is 13.1 Å². The van der Waals surface area contributed by atoms with Crippen LogP contribution in [0.4, 0.5) is 0 Å². The maximum Gasteiger partial charge on any atom is 0.250 e. The van der Waals surface area contributed by atoms with E-state index in [1.165, 1.54) is 0 Å². The molecule has 3 aromatic rings. The van der Waals surface area contributed by atoms with Crippen molar-refractivity contribution in [3.05, 3.63) is 76.1 Å². The molecule has 2 aromatic carbocycles. The molecule has 2 N–H and O–H groups in total. The molecule has 1 aromatic heterocycles. The van der Waals surface area contributed by atoms with Crippen LogP contribution in [-0.2, 0) is 10.0 Å². The fraction of sp³-hybridized carbons (Fsp3) is 0.238. The highest BCUT2D eigenvalue weighted by molar-refractivity contribution is 9.11. The van der Waals surface area contributed by atoms with Gasteiger partial charge in [-0.15, -0.1) is 11.3 Å². The molecule has 148 valence electrons. The van der Waals surface area contributed by atoms with Crippen LogP contribution < -0.4 is 4.72 Å². The summed E-state index contributed by atoms with van der Waals surface area (Å²) in [6.45, 7) is 1.72. The summed E-state index contributed by atoms with van der Waals surface area (Å²) < 4.78 is 29.0. The molecule has 0 amide bonds. The average Bonchev–Trinajstić information content (AvgIpc) is 3.16. The van der Waals surface area contributed by atoms with Gasteiger partial charge in [-0.3, -0.25) is 0 Å². The summed E-state index contributed by atoms with van der Waals surface area (Å²) in [7, 11) is -3.69. The molecule has 28 heavy (non-hydrogen) atoms. The third-order valence-corrected chi connectivity index (χ3v) is 8.29. The van der Waals surface area contributed by atoms with Crippen molar-refractivity contribution in [1.29, 1.82) is 0 Å². The highest BCUT2D eigenvalue weighted by atomic mass is 79.9. The zero-order valence-corrected chi connectivity index (χ0v) is 18.6. The second-order valence-electron chi connectivity index (χ2n) is 6.47. The van der Waals surface area contributed by atoms with Gasteiger partial charge in [0.1, 0.15) is 4.21 Å². The number of thiophene rings is 1. The Bertz CT molecular complexity index is 1000. The number of hydrogen-bond donors (Lipinski definition) is 2. The molecule has 2 atom stereocenters. The molecular formula is C21H22BrNO3S2. The van der Waals surface area contributed by atoms with Crippen LogP contribution >= 0.6 is 27.3 Å². The van der Waals surface area contributed by atoms with Gasteiger partial charge in [0.15, 0.2) is 0 Å². The monoisotopic (exact) mass is 479 g/mol. The SMILES string of the molecule is CC[C@H](c1ccc(-c2ccccc2)cc1)[C@@H](CO)NS(=O)(=O)c1ccc(Br)s1. The molecule has 0 aliphatic carbocycles. The van der Waals surface area contributed by atoms with Crippen molar-refractivity contribution in [3.8, 4) is 11.1 Å². The van der Waals surface area contributed by atoms with Gasteiger partial charge in [-0.2, -0.15) is 0 Å². The summed E-state index contributed by atoms with van der Waals surface area (Å²) in [6.07, 6.45) is 0.701. The summed E-state index contributed by atoms with van der Waals surface area (Å²) in [4.78, 5) is 0. The van der Waals surface area contributed by atoms with Crippen LogP contribution in [0.1, 0.15) is 24.8 Å². The fourth-order valence-electron chi connectivity index (χ4n) is 3.25. The normalized spacial score (nSPS) is 14.0. The Balaban J connectivity index is 1.82. The number of rotatable bonds is 8. The lowest BCUT2D eigenvalue weighted by Gasteiger charge is -2.26. The second kappa shape index (κ2) is 9.33. The van der Waals surface area contributed by atoms with E-state index in [4.69, 9.17) is 0 Å². The Morgan fingerprint density at radius 2 is 1.64 bits per heavy atom. The Morgan fingerprint density at radius 3 is 2.18 bits per heavy atom. The maximum absolute atomic E-state index is 12.7. The number of aliphatic hydroxyl groups is 1. The molecule has 0 spiro atoms. The summed E-state index contributed by atoms with van der Waals surface area (Å²) in [5.74, 6) is -0.131. The maximum atomic E-state index is 12.7. The van der Waals surface area contributed by atoms with Crippen LogP contribution in [0.25, 0.3) is 11.1 Å². The first-order valence-electron chi connectivity index (χ1n) is 8.98. The van der Waals surface area contributed by atoms with Gasteiger partial charge in [0.25, 0.3) is 0 Å². The summed E-state index contributed by atoms with van der Waals surface area (Å²) in [5.41, 5.74) is 3.23. The van der Waals surface area contributed by atoms with Crippen LogP contribution in [-0.4, -0.2) is 26.2 Å². The largest absolute Gasteiger partial charge is 0.395 e. The standard InChI is InChI=1S/C21H22BrNO3S2/c1-2-18(17-10-8-16(9-11-17)15-6-4-3-5-7-15)19(14-24)23-28(25,26)21-13-12-20(22)27-21/h3-13,18-19,23-24H,2,14H2,1H3/t18-,19-/m1/s1. The lowest BCUT2D eigenvalue weighted by Crippen LogP contribution is -2.41. The predicted octanol–water partition coefficient (Wildman–Crippen LogP) is 5.01. The number of sulfonamides is 1. The van der Waals surface area contributed by atoms with Crippen molar-refractivity contribution in [3.63, 3.8) is 0 Å². The van der Waals surface area contributed by atoms with Gasteiger partial charge in [-0.1, -0.05) is 61.5 Å². The molecule has 4 nitrogen and oxygen atoms in total. The molecule has 1 heterocycles. The number of benzene rings is 2. The molecule has 0 fully saturated rings. The molecule has 0 saturated carbocycles. The zero-order chi connectivity index (χ0) is 20.1. The van der Waals surface area contributed by atoms with E-state index in [0.717, 1.165) is 31.8 Å². The van der Waals surface area contributed by atoms with Crippen LogP contribution in [0.5, 0.6) is 0 Å². The van der Waals surface area contributed by atoms with E-state index in [-0.39, 0.29) is 16.7 Å². The van der Waals surface area contributed by atoms with Crippen molar-refractivity contribution in [1.82, 2.24) is 4.72 Å². The first kappa shape index (κ1) is 21.2. The number of aliphatic hydroxyl groups excluding tert-OH is 1. The summed E-state index contributed by atoms with van der Waals surface area (Å²) in [6, 6.07) is 20.8. The van der Waals surface area contributed by atoms with Gasteiger partial charge in [0.2, 0.25) is 10.0 Å². The van der Waals surface area contributed by atoms with Gasteiger partial charge in [0, 0.05) is 5.92 Å². The van der Waals surface area contributed by atoms with Crippen molar-refractivity contribution in [2.24, 2.45) is 0 Å². The average molecular weight is 480 g/mol. The molecule has 0 unspecified atom stereocenters. The summed E-state index contributed by atoms with van der Waals surface area (Å²) in [5, 5.41) is 9.90. The topological polar surface area (TPSA) is 66.4 Å². The van der Waals surface area contributed by atoms with Gasteiger partial charge in [0.05, 0.1) is 16.4 Å². The Morgan fingerprint density at radius 1 is 1.00 bits per heavy atom. The molecule has 0 aliphatic heterocycles. The number of halogens is 1. The lowest BCUT2D eigenvalue weighted by molar-refractivity contribution is 0.236. The van der Waals surface area contributed by atoms with E-state index in [1.54, 1.807) is 12.1 Å². The quantitative estimate of drug-likeness (QED) is 0.476. The van der Waals surface area contributed by atoms with Crippen LogP contribution in [0.15, 0.2) is 74.7 Å². The van der Waals surface area contributed by atoms with Gasteiger partial charge in [-0.05, 0) is 51.2 Å². The molecule has 0 radical (unpaired) electrons. The minimum Gasteiger partial charge on any atom is -0.395 e. The highest BCUT2D eigenvalue weighted by Crippen LogP contribution is 2.30. The smallest absolute Gasteiger partial charge is 0.250 e. The van der Waals surface area contributed by atoms with E-state index in [9.17, 15) is 13.5 Å². The van der Waals surface area contributed by atoms with Crippen LogP contribution in [0.2, 0.25) is 0 Å². The highest BCUT2D eigenvalue weighted by Gasteiger charge is 2.27. The van der Waals surface area contributed by atoms with Crippen molar-refractivity contribution in [2.45, 2.75) is 29.5 Å². The first-order chi connectivity index (χ1) is 13.4. The van der Waals surface area contributed by atoms with E-state index >= 15 is 0 Å². The first-order valence-corrected chi connectivity index (χ1v) is 12.1. The Kier molecular flexibility index (Phi) is 7.06. The molecular weight excluding hydrogens is 458 g/mol. The number of nitrogens with one attached hydrogen (secondary N) is 1. The van der Waals surface area contributed by atoms with Crippen LogP contribution in [0, 0.1) is 0 Å². The third-order valence-electron chi connectivity index (χ3n) is 4.69. The molecule has 7 heteroatoms. The second-order valence-corrected chi connectivity index (χ2v) is 10.9. The molecule has 0 aliphatic rings. The van der Waals surface area contributed by atoms with Crippen molar-refractivity contribution in [2.75, 3.05) is 6.61 Å². The van der Waals surface area contributed by atoms with E-state index < -0.39 is 16.1 Å². The molecule has 0 saturated heterocycles. The Labute approximate surface area is 178 Å². The summed E-state index contributed by atoms with van der Waals surface area (Å²) >= 11 is 4.44. The van der Waals surface area contributed by atoms with Crippen molar-refractivity contribution >= 4 is 37.3 Å². The minimum absolute atomic E-state index is 0.131.